The highest BCUT2D eigenvalue weighted by atomic mass is 19.1. The molecule has 0 unspecified atom stereocenters. The van der Waals surface area contributed by atoms with Gasteiger partial charge in [-0.25, -0.2) is 4.39 Å². The van der Waals surface area contributed by atoms with Crippen molar-refractivity contribution in [3.8, 4) is 0 Å². The quantitative estimate of drug-likeness (QED) is 0.578. The van der Waals surface area contributed by atoms with Crippen molar-refractivity contribution in [1.82, 2.24) is 29.6 Å². The number of aryl methyl sites for hydroxylation is 1. The van der Waals surface area contributed by atoms with Crippen molar-refractivity contribution in [2.24, 2.45) is 0 Å². The van der Waals surface area contributed by atoms with E-state index in [0.29, 0.717) is 37.4 Å². The maximum atomic E-state index is 13.2. The minimum atomic E-state index is -0.237. The number of aromatic nitrogens is 4. The van der Waals surface area contributed by atoms with E-state index in [1.54, 1.807) is 16.6 Å². The molecule has 2 saturated heterocycles. The van der Waals surface area contributed by atoms with Gasteiger partial charge in [-0.15, -0.1) is 15.3 Å². The van der Waals surface area contributed by atoms with E-state index in [4.69, 9.17) is 5.10 Å². The molecule has 4 heterocycles. The van der Waals surface area contributed by atoms with Crippen molar-refractivity contribution < 1.29 is 9.18 Å². The first kappa shape index (κ1) is 21.6. The number of halogens is 1. The highest BCUT2D eigenvalue weighted by molar-refractivity contribution is 5.76. The van der Waals surface area contributed by atoms with Crippen LogP contribution in [-0.2, 0) is 11.2 Å². The molecule has 3 aromatic rings. The van der Waals surface area contributed by atoms with Crippen LogP contribution >= 0.6 is 0 Å². The summed E-state index contributed by atoms with van der Waals surface area (Å²) in [7, 11) is 2.13. The number of fused-ring (bicyclic) bond motifs is 1. The van der Waals surface area contributed by atoms with Crippen molar-refractivity contribution in [3.05, 3.63) is 48.0 Å². The van der Waals surface area contributed by atoms with Gasteiger partial charge in [-0.2, -0.15) is 4.52 Å². The van der Waals surface area contributed by atoms with Crippen molar-refractivity contribution in [2.45, 2.75) is 12.8 Å². The average Bonchev–Trinajstić information content (AvgIpc) is 3.26. The molecule has 2 aromatic heterocycles. The summed E-state index contributed by atoms with van der Waals surface area (Å²) in [4.78, 5) is 21.5. The zero-order chi connectivity index (χ0) is 22.8. The average molecular weight is 453 g/mol. The van der Waals surface area contributed by atoms with E-state index in [0.717, 1.165) is 50.8 Å². The Balaban J connectivity index is 1.18. The van der Waals surface area contributed by atoms with Crippen LogP contribution in [0.3, 0.4) is 0 Å². The topological polar surface area (TPSA) is 73.1 Å². The normalized spacial score (nSPS) is 17.7. The smallest absolute Gasteiger partial charge is 0.223 e. The SMILES string of the molecule is CN1CCN(c2ccc3nnc(CCC(=O)N4CCN(c5ccc(F)cc5)CC4)n3n2)CC1. The van der Waals surface area contributed by atoms with Crippen LogP contribution < -0.4 is 9.80 Å². The first-order valence-corrected chi connectivity index (χ1v) is 11.5. The van der Waals surface area contributed by atoms with Crippen molar-refractivity contribution in [1.29, 1.82) is 0 Å². The summed E-state index contributed by atoms with van der Waals surface area (Å²) in [5, 5.41) is 13.3. The molecule has 0 aliphatic carbocycles. The number of nitrogens with zero attached hydrogens (tertiary/aromatic N) is 8. The van der Waals surface area contributed by atoms with Gasteiger partial charge in [0.2, 0.25) is 5.91 Å². The predicted molar refractivity (Wildman–Crippen MR) is 124 cm³/mol. The number of hydrogen-bond donors (Lipinski definition) is 0. The molecule has 0 radical (unpaired) electrons. The number of likely N-dealkylation sites (N-methyl/N-ethyl adjacent to an activating group) is 1. The largest absolute Gasteiger partial charge is 0.368 e. The Bertz CT molecular complexity index is 1100. The molecule has 2 fully saturated rings. The van der Waals surface area contributed by atoms with Gasteiger partial charge in [-0.1, -0.05) is 0 Å². The number of piperazine rings is 2. The fourth-order valence-electron chi connectivity index (χ4n) is 4.43. The molecule has 9 nitrogen and oxygen atoms in total. The Hall–Kier alpha value is -3.27. The summed E-state index contributed by atoms with van der Waals surface area (Å²) in [5.41, 5.74) is 1.68. The molecule has 0 atom stereocenters. The molecule has 10 heteroatoms. The summed E-state index contributed by atoms with van der Waals surface area (Å²) >= 11 is 0. The van der Waals surface area contributed by atoms with Crippen LogP contribution in [0.4, 0.5) is 15.9 Å². The minimum Gasteiger partial charge on any atom is -0.368 e. The zero-order valence-corrected chi connectivity index (χ0v) is 18.9. The van der Waals surface area contributed by atoms with Crippen molar-refractivity contribution in [2.75, 3.05) is 69.2 Å². The van der Waals surface area contributed by atoms with Gasteiger partial charge in [0.25, 0.3) is 0 Å². The Morgan fingerprint density at radius 1 is 0.879 bits per heavy atom. The lowest BCUT2D eigenvalue weighted by Crippen LogP contribution is -2.48. The highest BCUT2D eigenvalue weighted by Gasteiger charge is 2.22. The van der Waals surface area contributed by atoms with Crippen LogP contribution in [0, 0.1) is 5.82 Å². The molecular formula is C23H29FN8O. The number of anilines is 2. The van der Waals surface area contributed by atoms with Crippen LogP contribution in [0.5, 0.6) is 0 Å². The van der Waals surface area contributed by atoms with Gasteiger partial charge >= 0.3 is 0 Å². The van der Waals surface area contributed by atoms with Gasteiger partial charge in [0, 0.05) is 70.9 Å². The maximum Gasteiger partial charge on any atom is 0.223 e. The number of hydrogen-bond acceptors (Lipinski definition) is 7. The Labute approximate surface area is 192 Å². The molecular weight excluding hydrogens is 423 g/mol. The third-order valence-electron chi connectivity index (χ3n) is 6.53. The molecule has 0 N–H and O–H groups in total. The fraction of sp³-hybridized carbons (Fsp3) is 0.478. The molecule has 33 heavy (non-hydrogen) atoms. The highest BCUT2D eigenvalue weighted by Crippen LogP contribution is 2.18. The molecule has 0 spiro atoms. The van der Waals surface area contributed by atoms with Crippen LogP contribution in [0.1, 0.15) is 12.2 Å². The summed E-state index contributed by atoms with van der Waals surface area (Å²) in [6.07, 6.45) is 0.870. The molecule has 0 bridgehead atoms. The number of rotatable bonds is 5. The monoisotopic (exact) mass is 452 g/mol. The summed E-state index contributed by atoms with van der Waals surface area (Å²) in [6.45, 7) is 6.69. The van der Waals surface area contributed by atoms with E-state index in [-0.39, 0.29) is 11.7 Å². The van der Waals surface area contributed by atoms with E-state index in [9.17, 15) is 9.18 Å². The van der Waals surface area contributed by atoms with Crippen molar-refractivity contribution in [3.63, 3.8) is 0 Å². The predicted octanol–water partition coefficient (Wildman–Crippen LogP) is 1.30. The van der Waals surface area contributed by atoms with E-state index >= 15 is 0 Å². The van der Waals surface area contributed by atoms with Gasteiger partial charge in [0.1, 0.15) is 11.6 Å². The molecule has 2 aliphatic heterocycles. The lowest BCUT2D eigenvalue weighted by Gasteiger charge is -2.36. The Morgan fingerprint density at radius 2 is 1.58 bits per heavy atom. The van der Waals surface area contributed by atoms with Gasteiger partial charge in [-0.05, 0) is 43.4 Å². The second-order valence-corrected chi connectivity index (χ2v) is 8.71. The molecule has 1 aromatic carbocycles. The van der Waals surface area contributed by atoms with Gasteiger partial charge in [0.05, 0.1) is 0 Å². The van der Waals surface area contributed by atoms with Gasteiger partial charge in [0.15, 0.2) is 11.5 Å². The summed E-state index contributed by atoms with van der Waals surface area (Å²) in [6, 6.07) is 10.4. The van der Waals surface area contributed by atoms with Crippen LogP contribution in [0.25, 0.3) is 5.65 Å². The number of benzene rings is 1. The molecule has 0 saturated carbocycles. The minimum absolute atomic E-state index is 0.112. The molecule has 174 valence electrons. The number of carbonyl (C=O) groups excluding carboxylic acids is 1. The van der Waals surface area contributed by atoms with Crippen LogP contribution in [0.15, 0.2) is 36.4 Å². The molecule has 1 amide bonds. The lowest BCUT2D eigenvalue weighted by atomic mass is 10.2. The number of carbonyl (C=O) groups is 1. The van der Waals surface area contributed by atoms with Gasteiger partial charge < -0.3 is 19.6 Å². The second kappa shape index (κ2) is 9.30. The second-order valence-electron chi connectivity index (χ2n) is 8.71. The standard InChI is InChI=1S/C23H29FN8O/c1-28-10-12-30(13-11-28)22-7-6-20-25-26-21(32(20)27-22)8-9-23(33)31-16-14-29(15-17-31)19-4-2-18(24)3-5-19/h2-7H,8-17H2,1H3. The van der Waals surface area contributed by atoms with E-state index in [2.05, 4.69) is 31.9 Å². The third-order valence-corrected chi connectivity index (χ3v) is 6.53. The fourth-order valence-corrected chi connectivity index (χ4v) is 4.43. The first-order chi connectivity index (χ1) is 16.1. The van der Waals surface area contributed by atoms with E-state index in [1.807, 2.05) is 17.0 Å². The van der Waals surface area contributed by atoms with Crippen LogP contribution in [-0.4, -0.2) is 94.9 Å². The lowest BCUT2D eigenvalue weighted by molar-refractivity contribution is -0.131. The van der Waals surface area contributed by atoms with Gasteiger partial charge in [-0.3, -0.25) is 4.79 Å². The Kier molecular flexibility index (Phi) is 6.08. The van der Waals surface area contributed by atoms with Crippen LogP contribution in [0.2, 0.25) is 0 Å². The first-order valence-electron chi connectivity index (χ1n) is 11.5. The third kappa shape index (κ3) is 4.75. The molecule has 2 aliphatic rings. The van der Waals surface area contributed by atoms with Crippen molar-refractivity contribution >= 4 is 23.1 Å². The summed E-state index contributed by atoms with van der Waals surface area (Å²) in [5.74, 6) is 1.50. The number of amides is 1. The maximum absolute atomic E-state index is 13.2. The summed E-state index contributed by atoms with van der Waals surface area (Å²) < 4.78 is 14.9. The van der Waals surface area contributed by atoms with E-state index < -0.39 is 0 Å². The Morgan fingerprint density at radius 3 is 2.30 bits per heavy atom. The van der Waals surface area contributed by atoms with E-state index in [1.165, 1.54) is 12.1 Å². The zero-order valence-electron chi connectivity index (χ0n) is 18.9. The molecule has 5 rings (SSSR count).